The second-order valence-corrected chi connectivity index (χ2v) is 28.8. The summed E-state index contributed by atoms with van der Waals surface area (Å²) in [5, 5.41) is 10.6. The van der Waals surface area contributed by atoms with Crippen LogP contribution in [0.15, 0.2) is 158 Å². The van der Waals surface area contributed by atoms with Crippen molar-refractivity contribution in [1.29, 1.82) is 0 Å². The van der Waals surface area contributed by atoms with Gasteiger partial charge in [0.25, 0.3) is 0 Å². The molecular weight excluding hydrogens is 1350 g/mol. The van der Waals surface area contributed by atoms with Gasteiger partial charge in [-0.3, -0.25) is 37.3 Å². The van der Waals surface area contributed by atoms with Crippen LogP contribution >= 0.6 is 15.6 Å². The summed E-state index contributed by atoms with van der Waals surface area (Å²) in [5.74, 6) is -2.38. The van der Waals surface area contributed by atoms with Gasteiger partial charge in [-0.05, 0) is 128 Å². The highest BCUT2D eigenvalue weighted by Gasteiger charge is 2.30. The van der Waals surface area contributed by atoms with Crippen LogP contribution in [0.25, 0.3) is 0 Å². The molecule has 0 amide bonds. The summed E-state index contributed by atoms with van der Waals surface area (Å²) < 4.78 is 68.4. The summed E-state index contributed by atoms with van der Waals surface area (Å²) in [7, 11) is -10.0. The molecule has 0 saturated carbocycles. The van der Waals surface area contributed by atoms with E-state index in [0.29, 0.717) is 38.5 Å². The Morgan fingerprint density at radius 2 is 0.519 bits per heavy atom. The predicted molar refractivity (Wildman–Crippen MR) is 427 cm³/mol. The summed E-state index contributed by atoms with van der Waals surface area (Å²) in [6.45, 7) is 4.45. The first kappa shape index (κ1) is 98.7. The fraction of sp³-hybridized carbons (Fsp3) is 0.647. The third kappa shape index (κ3) is 74.9. The Balaban J connectivity index is 5.48. The number of phosphoric acid groups is 2. The monoisotopic (exact) mass is 1490 g/mol. The van der Waals surface area contributed by atoms with E-state index in [0.717, 1.165) is 128 Å². The lowest BCUT2D eigenvalue weighted by Gasteiger charge is -2.21. The summed E-state index contributed by atoms with van der Waals surface area (Å²) in [5.41, 5.74) is 0. The van der Waals surface area contributed by atoms with Gasteiger partial charge in [0.05, 0.1) is 26.4 Å². The number of aliphatic hydroxyl groups is 1. The van der Waals surface area contributed by atoms with Crippen molar-refractivity contribution in [3.63, 3.8) is 0 Å². The largest absolute Gasteiger partial charge is 0.472 e. The fourth-order valence-corrected chi connectivity index (χ4v) is 11.6. The molecule has 0 aromatic rings. The van der Waals surface area contributed by atoms with Gasteiger partial charge in [-0.1, -0.05) is 301 Å². The molecule has 0 spiro atoms. The molecule has 104 heavy (non-hydrogen) atoms. The zero-order valence-electron chi connectivity index (χ0n) is 64.6. The van der Waals surface area contributed by atoms with Gasteiger partial charge in [0.15, 0.2) is 12.2 Å². The van der Waals surface area contributed by atoms with Crippen molar-refractivity contribution in [2.75, 3.05) is 39.6 Å². The Morgan fingerprint density at radius 1 is 0.279 bits per heavy atom. The van der Waals surface area contributed by atoms with Crippen LogP contribution in [-0.4, -0.2) is 96.7 Å². The average Bonchev–Trinajstić information content (AvgIpc) is 0.926. The first-order valence-electron chi connectivity index (χ1n) is 39.7. The number of rotatable bonds is 73. The standard InChI is InChI=1S/C85H140O17P2/c1-5-9-13-17-21-25-29-33-35-37-39-41-43-47-50-54-58-62-66-70-83(88)96-76-80(101-84(89)71-67-63-59-55-51-46-32-28-24-20-16-12-8-4)77-99-103(91,92)97-73-79(86)74-98-104(93,94)100-78-81(75-95-82(87)69-65-61-57-53-49-45-31-27-23-19-15-11-7-3)102-85(90)72-68-64-60-56-52-48-44-42-40-38-36-34-30-26-22-18-14-10-6-2/h9-10,13-14,21-22,25-27,31,33-36,39-42,47-48,50,52,58,60,62,64,79-81,86H,5-8,11-12,15-20,23-24,28-30,32,37-38,43-46,49,51,53-57,59,61,63,65-78H2,1-4H3,(H,91,92)(H,93,94)/b13-9-,14-10-,25-21-,26-22-,31-27-,35-33-,36-34-,41-39-,42-40-,50-47-,52-48-,62-58-,64-60-/t79-,80-,81-/m1/s1. The first-order valence-corrected chi connectivity index (χ1v) is 42.7. The highest BCUT2D eigenvalue weighted by Crippen LogP contribution is 2.45. The number of hydrogen-bond donors (Lipinski definition) is 3. The molecule has 0 aromatic carbocycles. The van der Waals surface area contributed by atoms with Crippen LogP contribution < -0.4 is 0 Å². The van der Waals surface area contributed by atoms with Crippen molar-refractivity contribution < 1.29 is 80.2 Å². The van der Waals surface area contributed by atoms with Gasteiger partial charge < -0.3 is 33.8 Å². The summed E-state index contributed by atoms with van der Waals surface area (Å²) in [6, 6.07) is 0. The van der Waals surface area contributed by atoms with Gasteiger partial charge in [0.1, 0.15) is 19.3 Å². The smallest absolute Gasteiger partial charge is 0.462 e. The molecule has 592 valence electrons. The zero-order chi connectivity index (χ0) is 76.0. The van der Waals surface area contributed by atoms with Crippen LogP contribution in [0.3, 0.4) is 0 Å². The van der Waals surface area contributed by atoms with Crippen molar-refractivity contribution >= 4 is 39.5 Å². The molecule has 0 aliphatic rings. The number of allylic oxidation sites excluding steroid dienone is 26. The Bertz CT molecular complexity index is 2590. The van der Waals surface area contributed by atoms with Gasteiger partial charge in [-0.15, -0.1) is 0 Å². The molecule has 0 saturated heterocycles. The molecule has 0 aliphatic heterocycles. The van der Waals surface area contributed by atoms with Crippen molar-refractivity contribution in [1.82, 2.24) is 0 Å². The summed E-state index contributed by atoms with van der Waals surface area (Å²) in [6.07, 6.45) is 88.3. The van der Waals surface area contributed by atoms with Crippen LogP contribution in [0, 0.1) is 0 Å². The van der Waals surface area contributed by atoms with Crippen molar-refractivity contribution in [3.8, 4) is 0 Å². The average molecular weight is 1500 g/mol. The van der Waals surface area contributed by atoms with E-state index < -0.39 is 97.5 Å². The van der Waals surface area contributed by atoms with Crippen molar-refractivity contribution in [3.05, 3.63) is 158 Å². The number of carbonyl (C=O) groups is 4. The van der Waals surface area contributed by atoms with Gasteiger partial charge in [0, 0.05) is 25.7 Å². The molecule has 17 nitrogen and oxygen atoms in total. The van der Waals surface area contributed by atoms with E-state index in [9.17, 15) is 43.2 Å². The SMILES string of the molecule is CC/C=C\C/C=C\C/C=C\C/C=C\C/C=C\C/C=C\CCC(=O)OC[C@H](COP(=O)(O)OC[C@@H](O)COP(=O)(O)OC[C@@H](COC(=O)CCCCCCC/C=C\CCCCCC)OC(=O)CC/C=C\C/C=C\C/C=C\C/C=C\C/C=C\C/C=C\CC)OC(=O)CCCCCCCCCCCCCCC. The molecule has 0 rings (SSSR count). The minimum absolute atomic E-state index is 0.0319. The van der Waals surface area contributed by atoms with E-state index in [1.165, 1.54) is 77.0 Å². The molecule has 5 atom stereocenters. The van der Waals surface area contributed by atoms with Crippen LogP contribution in [0.4, 0.5) is 0 Å². The molecule has 0 fully saturated rings. The second-order valence-electron chi connectivity index (χ2n) is 25.9. The van der Waals surface area contributed by atoms with Crippen molar-refractivity contribution in [2.45, 2.75) is 316 Å². The van der Waals surface area contributed by atoms with Gasteiger partial charge in [0.2, 0.25) is 0 Å². The van der Waals surface area contributed by atoms with Crippen LogP contribution in [0.1, 0.15) is 297 Å². The Morgan fingerprint density at radius 3 is 0.856 bits per heavy atom. The summed E-state index contributed by atoms with van der Waals surface area (Å²) >= 11 is 0. The van der Waals surface area contributed by atoms with Crippen molar-refractivity contribution in [2.24, 2.45) is 0 Å². The fourth-order valence-electron chi connectivity index (χ4n) is 10.0. The third-order valence-corrected chi connectivity index (χ3v) is 17.9. The highest BCUT2D eigenvalue weighted by molar-refractivity contribution is 7.47. The topological polar surface area (TPSA) is 237 Å². The number of hydrogen-bond acceptors (Lipinski definition) is 15. The molecule has 0 aliphatic carbocycles. The predicted octanol–water partition coefficient (Wildman–Crippen LogP) is 23.2. The van der Waals surface area contributed by atoms with Crippen LogP contribution in [0.2, 0.25) is 0 Å². The maximum absolute atomic E-state index is 13.1. The molecule has 0 bridgehead atoms. The van der Waals surface area contributed by atoms with E-state index >= 15 is 0 Å². The lowest BCUT2D eigenvalue weighted by Crippen LogP contribution is -2.30. The minimum Gasteiger partial charge on any atom is -0.462 e. The Hall–Kier alpha value is -5.32. The van der Waals surface area contributed by atoms with E-state index in [4.69, 9.17) is 37.0 Å². The number of unbranched alkanes of at least 4 members (excludes halogenated alkanes) is 21. The van der Waals surface area contributed by atoms with E-state index in [2.05, 4.69) is 149 Å². The number of aliphatic hydroxyl groups excluding tert-OH is 1. The van der Waals surface area contributed by atoms with E-state index in [1.807, 2.05) is 36.5 Å². The molecular formula is C85H140O17P2. The Kier molecular flexibility index (Phi) is 72.0. The number of ether oxygens (including phenoxy) is 4. The molecule has 2 unspecified atom stereocenters. The van der Waals surface area contributed by atoms with Crippen LogP contribution in [-0.2, 0) is 65.4 Å². The molecule has 3 N–H and O–H groups in total. The molecule has 0 radical (unpaired) electrons. The van der Waals surface area contributed by atoms with Gasteiger partial charge >= 0.3 is 39.5 Å². The normalized spacial score (nSPS) is 14.7. The Labute approximate surface area is 629 Å². The maximum atomic E-state index is 13.1. The lowest BCUT2D eigenvalue weighted by atomic mass is 10.0. The maximum Gasteiger partial charge on any atom is 0.472 e. The third-order valence-electron chi connectivity index (χ3n) is 16.0. The second kappa shape index (κ2) is 75.9. The minimum atomic E-state index is -5.01. The quantitative estimate of drug-likeness (QED) is 0.0169. The van der Waals surface area contributed by atoms with E-state index in [-0.39, 0.29) is 25.7 Å². The number of esters is 4. The van der Waals surface area contributed by atoms with Crippen LogP contribution in [0.5, 0.6) is 0 Å². The van der Waals surface area contributed by atoms with E-state index in [1.54, 1.807) is 0 Å². The van der Waals surface area contributed by atoms with Gasteiger partial charge in [-0.25, -0.2) is 9.13 Å². The molecule has 0 aromatic heterocycles. The van der Waals surface area contributed by atoms with Gasteiger partial charge in [-0.2, -0.15) is 0 Å². The molecule has 19 heteroatoms. The summed E-state index contributed by atoms with van der Waals surface area (Å²) in [4.78, 5) is 72.9. The first-order chi connectivity index (χ1) is 50.7. The highest BCUT2D eigenvalue weighted by atomic mass is 31.2. The number of carbonyl (C=O) groups excluding carboxylic acids is 4. The lowest BCUT2D eigenvalue weighted by molar-refractivity contribution is -0.161. The zero-order valence-corrected chi connectivity index (χ0v) is 66.4. The number of phosphoric ester groups is 2. The molecule has 0 heterocycles.